The molecule has 1 aliphatic rings. The summed E-state index contributed by atoms with van der Waals surface area (Å²) in [6.07, 6.45) is 3.95. The Balaban J connectivity index is 1.86. The number of rotatable bonds is 5. The SMILES string of the molecule is CCCC1CC1NCc1c(Cl)c(C)nn1C. The number of hydrogen-bond acceptors (Lipinski definition) is 2. The lowest BCUT2D eigenvalue weighted by Gasteiger charge is -2.05. The van der Waals surface area contributed by atoms with E-state index in [1.54, 1.807) is 0 Å². The zero-order valence-electron chi connectivity index (χ0n) is 10.3. The normalized spacial score (nSPS) is 23.8. The molecule has 0 saturated heterocycles. The molecular weight excluding hydrogens is 222 g/mol. The van der Waals surface area contributed by atoms with Gasteiger partial charge in [0.25, 0.3) is 0 Å². The molecule has 2 rings (SSSR count). The van der Waals surface area contributed by atoms with Crippen molar-refractivity contribution >= 4 is 11.6 Å². The molecule has 0 aromatic carbocycles. The summed E-state index contributed by atoms with van der Waals surface area (Å²) in [6.45, 7) is 5.03. The van der Waals surface area contributed by atoms with Crippen LogP contribution < -0.4 is 5.32 Å². The number of aryl methyl sites for hydroxylation is 2. The molecule has 0 radical (unpaired) electrons. The van der Waals surface area contributed by atoms with E-state index in [1.807, 2.05) is 18.7 Å². The van der Waals surface area contributed by atoms with Gasteiger partial charge in [0.2, 0.25) is 0 Å². The van der Waals surface area contributed by atoms with Crippen LogP contribution in [0.5, 0.6) is 0 Å². The number of halogens is 1. The molecule has 90 valence electrons. The Labute approximate surface area is 102 Å². The second-order valence-electron chi connectivity index (χ2n) is 4.74. The zero-order chi connectivity index (χ0) is 11.7. The number of aromatic nitrogens is 2. The van der Waals surface area contributed by atoms with E-state index in [2.05, 4.69) is 17.3 Å². The quantitative estimate of drug-likeness (QED) is 0.859. The highest BCUT2D eigenvalue weighted by Crippen LogP contribution is 2.35. The summed E-state index contributed by atoms with van der Waals surface area (Å²) >= 11 is 6.19. The smallest absolute Gasteiger partial charge is 0.0860 e. The molecule has 16 heavy (non-hydrogen) atoms. The highest BCUT2D eigenvalue weighted by molar-refractivity contribution is 6.31. The van der Waals surface area contributed by atoms with E-state index in [4.69, 9.17) is 11.6 Å². The van der Waals surface area contributed by atoms with Crippen LogP contribution in [0, 0.1) is 12.8 Å². The minimum Gasteiger partial charge on any atom is -0.308 e. The van der Waals surface area contributed by atoms with E-state index in [0.717, 1.165) is 28.9 Å². The second-order valence-corrected chi connectivity index (χ2v) is 5.12. The third-order valence-electron chi connectivity index (χ3n) is 3.38. The van der Waals surface area contributed by atoms with Crippen LogP contribution in [0.1, 0.15) is 37.6 Å². The summed E-state index contributed by atoms with van der Waals surface area (Å²) < 4.78 is 1.88. The molecule has 0 spiro atoms. The summed E-state index contributed by atoms with van der Waals surface area (Å²) in [4.78, 5) is 0. The van der Waals surface area contributed by atoms with Gasteiger partial charge in [-0.1, -0.05) is 24.9 Å². The molecule has 1 aromatic heterocycles. The minimum atomic E-state index is 0.700. The minimum absolute atomic E-state index is 0.700. The Morgan fingerprint density at radius 1 is 1.56 bits per heavy atom. The average molecular weight is 242 g/mol. The Morgan fingerprint density at radius 2 is 2.31 bits per heavy atom. The van der Waals surface area contributed by atoms with Gasteiger partial charge in [0.1, 0.15) is 0 Å². The summed E-state index contributed by atoms with van der Waals surface area (Å²) in [6, 6.07) is 0.700. The topological polar surface area (TPSA) is 29.9 Å². The van der Waals surface area contributed by atoms with Crippen LogP contribution in [-0.2, 0) is 13.6 Å². The maximum absolute atomic E-state index is 6.19. The van der Waals surface area contributed by atoms with Gasteiger partial charge in [0.15, 0.2) is 0 Å². The van der Waals surface area contributed by atoms with Crippen molar-refractivity contribution in [2.75, 3.05) is 0 Å². The molecule has 1 fully saturated rings. The largest absolute Gasteiger partial charge is 0.308 e. The van der Waals surface area contributed by atoms with E-state index in [1.165, 1.54) is 19.3 Å². The molecule has 1 aromatic rings. The van der Waals surface area contributed by atoms with E-state index < -0.39 is 0 Å². The number of hydrogen-bond donors (Lipinski definition) is 1. The summed E-state index contributed by atoms with van der Waals surface area (Å²) in [5.74, 6) is 0.887. The second kappa shape index (κ2) is 4.76. The molecular formula is C12H20ClN3. The van der Waals surface area contributed by atoms with Crippen molar-refractivity contribution in [2.45, 2.75) is 45.7 Å². The van der Waals surface area contributed by atoms with Crippen molar-refractivity contribution in [3.8, 4) is 0 Å². The van der Waals surface area contributed by atoms with E-state index in [9.17, 15) is 0 Å². The van der Waals surface area contributed by atoms with Crippen molar-refractivity contribution in [1.82, 2.24) is 15.1 Å². The van der Waals surface area contributed by atoms with Gasteiger partial charge in [-0.15, -0.1) is 0 Å². The van der Waals surface area contributed by atoms with Crippen molar-refractivity contribution in [2.24, 2.45) is 13.0 Å². The maximum atomic E-state index is 6.19. The maximum Gasteiger partial charge on any atom is 0.0860 e. The van der Waals surface area contributed by atoms with Gasteiger partial charge in [-0.25, -0.2) is 0 Å². The van der Waals surface area contributed by atoms with Gasteiger partial charge in [-0.2, -0.15) is 5.10 Å². The highest BCUT2D eigenvalue weighted by atomic mass is 35.5. The lowest BCUT2D eigenvalue weighted by Crippen LogP contribution is -2.19. The van der Waals surface area contributed by atoms with Crippen molar-refractivity contribution < 1.29 is 0 Å². The fourth-order valence-corrected chi connectivity index (χ4v) is 2.51. The predicted molar refractivity (Wildman–Crippen MR) is 66.6 cm³/mol. The third kappa shape index (κ3) is 2.41. The summed E-state index contributed by atoms with van der Waals surface area (Å²) in [5, 5.41) is 8.67. The van der Waals surface area contributed by atoms with Gasteiger partial charge < -0.3 is 5.32 Å². The highest BCUT2D eigenvalue weighted by Gasteiger charge is 2.35. The molecule has 3 nitrogen and oxygen atoms in total. The van der Waals surface area contributed by atoms with Crippen LogP contribution in [-0.4, -0.2) is 15.8 Å². The zero-order valence-corrected chi connectivity index (χ0v) is 11.0. The molecule has 2 unspecified atom stereocenters. The fraction of sp³-hybridized carbons (Fsp3) is 0.750. The number of nitrogens with zero attached hydrogens (tertiary/aromatic N) is 2. The Bertz CT molecular complexity index is 373. The van der Waals surface area contributed by atoms with Crippen LogP contribution in [0.25, 0.3) is 0 Å². The van der Waals surface area contributed by atoms with Crippen LogP contribution in [0.4, 0.5) is 0 Å². The molecule has 1 saturated carbocycles. The fourth-order valence-electron chi connectivity index (χ4n) is 2.29. The summed E-state index contributed by atoms with van der Waals surface area (Å²) in [5.41, 5.74) is 2.02. The summed E-state index contributed by atoms with van der Waals surface area (Å²) in [7, 11) is 1.95. The molecule has 0 amide bonds. The number of nitrogens with one attached hydrogen (secondary N) is 1. The van der Waals surface area contributed by atoms with Crippen LogP contribution in [0.3, 0.4) is 0 Å². The first-order chi connectivity index (χ1) is 7.63. The van der Waals surface area contributed by atoms with Crippen LogP contribution in [0.2, 0.25) is 5.02 Å². The first-order valence-corrected chi connectivity index (χ1v) is 6.42. The van der Waals surface area contributed by atoms with Gasteiger partial charge in [-0.3, -0.25) is 4.68 Å². The van der Waals surface area contributed by atoms with Gasteiger partial charge in [0.05, 0.1) is 16.4 Å². The van der Waals surface area contributed by atoms with Crippen molar-refractivity contribution in [1.29, 1.82) is 0 Å². The first-order valence-electron chi connectivity index (χ1n) is 6.04. The molecule has 0 bridgehead atoms. The van der Waals surface area contributed by atoms with E-state index in [0.29, 0.717) is 6.04 Å². The van der Waals surface area contributed by atoms with Crippen LogP contribution >= 0.6 is 11.6 Å². The van der Waals surface area contributed by atoms with Gasteiger partial charge in [-0.05, 0) is 25.7 Å². The van der Waals surface area contributed by atoms with Gasteiger partial charge in [0, 0.05) is 19.6 Å². The van der Waals surface area contributed by atoms with Crippen molar-refractivity contribution in [3.05, 3.63) is 16.4 Å². The third-order valence-corrected chi connectivity index (χ3v) is 3.87. The lowest BCUT2D eigenvalue weighted by molar-refractivity contribution is 0.575. The monoisotopic (exact) mass is 241 g/mol. The molecule has 2 atom stereocenters. The standard InChI is InChI=1S/C12H20ClN3/c1-4-5-9-6-10(9)14-7-11-12(13)8(2)15-16(11)3/h9-10,14H,4-7H2,1-3H3. The Hall–Kier alpha value is -0.540. The van der Waals surface area contributed by atoms with Crippen LogP contribution in [0.15, 0.2) is 0 Å². The van der Waals surface area contributed by atoms with E-state index in [-0.39, 0.29) is 0 Å². The molecule has 1 heterocycles. The Morgan fingerprint density at radius 3 is 2.88 bits per heavy atom. The molecule has 4 heteroatoms. The lowest BCUT2D eigenvalue weighted by atomic mass is 10.2. The molecule has 1 aliphatic carbocycles. The Kier molecular flexibility index (Phi) is 3.55. The first kappa shape index (κ1) is 11.9. The average Bonchev–Trinajstić information content (AvgIpc) is 2.91. The van der Waals surface area contributed by atoms with Gasteiger partial charge >= 0.3 is 0 Å². The molecule has 1 N–H and O–H groups in total. The van der Waals surface area contributed by atoms with E-state index >= 15 is 0 Å². The predicted octanol–water partition coefficient (Wildman–Crippen LogP) is 2.66. The van der Waals surface area contributed by atoms with Crippen molar-refractivity contribution in [3.63, 3.8) is 0 Å². The molecule has 0 aliphatic heterocycles.